The quantitative estimate of drug-likeness (QED) is 0.638. The van der Waals surface area contributed by atoms with Gasteiger partial charge < -0.3 is 9.84 Å². The molecule has 0 spiro atoms. The summed E-state index contributed by atoms with van der Waals surface area (Å²) in [5, 5.41) is 11.0. The smallest absolute Gasteiger partial charge is 0.315 e. The van der Waals surface area contributed by atoms with Gasteiger partial charge in [0.25, 0.3) is 0 Å². The zero-order chi connectivity index (χ0) is 16.2. The van der Waals surface area contributed by atoms with Crippen LogP contribution in [0, 0.1) is 5.41 Å². The number of rotatable bonds is 5. The van der Waals surface area contributed by atoms with E-state index in [4.69, 9.17) is 4.74 Å². The standard InChI is InChI=1S/C18H21BrO3/c1-3-10-18(21)12-5-11-17(18,16(20)22-4-2)13-14-6-8-15(19)9-7-14/h6-10,21H,1,4-5,11-13H2,2H3/t17-,18-/m1/s1. The van der Waals surface area contributed by atoms with Crippen molar-refractivity contribution in [2.45, 2.75) is 38.2 Å². The van der Waals surface area contributed by atoms with Gasteiger partial charge in [0.05, 0.1) is 6.61 Å². The predicted octanol–water partition coefficient (Wildman–Crippen LogP) is 3.80. The SMILES string of the molecule is C=C=C[C@@]1(O)CCC[C@@]1(Cc1ccc(Br)cc1)C(=O)OCC. The molecule has 4 heteroatoms. The van der Waals surface area contributed by atoms with Gasteiger partial charge in [0, 0.05) is 4.47 Å². The van der Waals surface area contributed by atoms with Crippen LogP contribution >= 0.6 is 15.9 Å². The van der Waals surface area contributed by atoms with E-state index in [1.54, 1.807) is 6.92 Å². The highest BCUT2D eigenvalue weighted by Crippen LogP contribution is 2.50. The van der Waals surface area contributed by atoms with Gasteiger partial charge in [-0.2, -0.15) is 0 Å². The van der Waals surface area contributed by atoms with Crippen LogP contribution in [-0.4, -0.2) is 23.3 Å². The van der Waals surface area contributed by atoms with Gasteiger partial charge in [-0.1, -0.05) is 34.6 Å². The molecule has 0 bridgehead atoms. The van der Waals surface area contributed by atoms with Crippen molar-refractivity contribution in [3.8, 4) is 0 Å². The second kappa shape index (κ2) is 6.82. The van der Waals surface area contributed by atoms with Crippen molar-refractivity contribution >= 4 is 21.9 Å². The van der Waals surface area contributed by atoms with E-state index in [2.05, 4.69) is 28.2 Å². The molecule has 3 nitrogen and oxygen atoms in total. The van der Waals surface area contributed by atoms with Gasteiger partial charge in [0.15, 0.2) is 0 Å². The van der Waals surface area contributed by atoms with Crippen molar-refractivity contribution in [3.63, 3.8) is 0 Å². The lowest BCUT2D eigenvalue weighted by molar-refractivity contribution is -0.166. The molecule has 0 radical (unpaired) electrons. The molecule has 1 aliphatic carbocycles. The molecule has 1 fully saturated rings. The number of benzene rings is 1. The average molecular weight is 365 g/mol. The van der Waals surface area contributed by atoms with Crippen LogP contribution in [-0.2, 0) is 16.0 Å². The predicted molar refractivity (Wildman–Crippen MR) is 89.4 cm³/mol. The van der Waals surface area contributed by atoms with Gasteiger partial charge in [-0.3, -0.25) is 4.79 Å². The lowest BCUT2D eigenvalue weighted by Gasteiger charge is -2.38. The van der Waals surface area contributed by atoms with E-state index < -0.39 is 11.0 Å². The Bertz CT molecular complexity index is 589. The summed E-state index contributed by atoms with van der Waals surface area (Å²) in [6.45, 7) is 5.64. The molecule has 0 amide bonds. The largest absolute Gasteiger partial charge is 0.465 e. The Balaban J connectivity index is 2.44. The molecule has 118 valence electrons. The number of hydrogen-bond acceptors (Lipinski definition) is 3. The maximum absolute atomic E-state index is 12.7. The summed E-state index contributed by atoms with van der Waals surface area (Å²) in [4.78, 5) is 12.7. The van der Waals surface area contributed by atoms with Crippen LogP contribution in [0.25, 0.3) is 0 Å². The van der Waals surface area contributed by atoms with Crippen molar-refractivity contribution in [2.24, 2.45) is 5.41 Å². The van der Waals surface area contributed by atoms with Crippen molar-refractivity contribution < 1.29 is 14.6 Å². The molecule has 2 rings (SSSR count). The maximum atomic E-state index is 12.7. The van der Waals surface area contributed by atoms with Gasteiger partial charge in [-0.05, 0) is 56.4 Å². The Kier molecular flexibility index (Phi) is 5.28. The Morgan fingerprint density at radius 3 is 2.73 bits per heavy atom. The molecule has 1 N–H and O–H groups in total. The summed E-state index contributed by atoms with van der Waals surface area (Å²) in [6, 6.07) is 7.79. The van der Waals surface area contributed by atoms with Crippen LogP contribution in [0.4, 0.5) is 0 Å². The Hall–Kier alpha value is -1.35. The first kappa shape index (κ1) is 17.0. The van der Waals surface area contributed by atoms with E-state index in [0.717, 1.165) is 16.5 Å². The lowest BCUT2D eigenvalue weighted by Crippen LogP contribution is -2.50. The Labute approximate surface area is 139 Å². The Morgan fingerprint density at radius 1 is 1.45 bits per heavy atom. The van der Waals surface area contributed by atoms with Crippen LogP contribution in [0.3, 0.4) is 0 Å². The van der Waals surface area contributed by atoms with Crippen molar-refractivity contribution in [1.29, 1.82) is 0 Å². The third-order valence-corrected chi connectivity index (χ3v) is 4.95. The van der Waals surface area contributed by atoms with Crippen molar-refractivity contribution in [3.05, 3.63) is 52.7 Å². The summed E-state index contributed by atoms with van der Waals surface area (Å²) >= 11 is 3.41. The number of halogens is 1. The van der Waals surface area contributed by atoms with E-state index in [0.29, 0.717) is 25.9 Å². The van der Waals surface area contributed by atoms with Gasteiger partial charge in [-0.25, -0.2) is 0 Å². The number of carbonyl (C=O) groups is 1. The average Bonchev–Trinajstić information content (AvgIpc) is 2.80. The van der Waals surface area contributed by atoms with Crippen LogP contribution in [0.1, 0.15) is 31.7 Å². The first-order valence-electron chi connectivity index (χ1n) is 7.48. The molecule has 2 atom stereocenters. The normalized spacial score (nSPS) is 27.2. The molecule has 0 unspecified atom stereocenters. The van der Waals surface area contributed by atoms with Gasteiger partial charge in [-0.15, -0.1) is 5.73 Å². The number of hydrogen-bond donors (Lipinski definition) is 1. The topological polar surface area (TPSA) is 46.5 Å². The van der Waals surface area contributed by atoms with E-state index in [9.17, 15) is 9.90 Å². The minimum Gasteiger partial charge on any atom is -0.465 e. The van der Waals surface area contributed by atoms with Crippen LogP contribution in [0.15, 0.2) is 47.1 Å². The zero-order valence-corrected chi connectivity index (χ0v) is 14.4. The summed E-state index contributed by atoms with van der Waals surface area (Å²) in [6.07, 6.45) is 3.84. The first-order valence-corrected chi connectivity index (χ1v) is 8.28. The van der Waals surface area contributed by atoms with E-state index in [-0.39, 0.29) is 5.97 Å². The first-order chi connectivity index (χ1) is 10.5. The maximum Gasteiger partial charge on any atom is 0.315 e. The molecule has 1 aromatic rings. The van der Waals surface area contributed by atoms with Crippen LogP contribution in [0.2, 0.25) is 0 Å². The second-order valence-electron chi connectivity index (χ2n) is 5.73. The molecule has 1 aromatic carbocycles. The van der Waals surface area contributed by atoms with E-state index in [1.807, 2.05) is 24.3 Å². The summed E-state index contributed by atoms with van der Waals surface area (Å²) in [5.41, 5.74) is 1.42. The van der Waals surface area contributed by atoms with Gasteiger partial charge in [0.1, 0.15) is 11.0 Å². The third kappa shape index (κ3) is 3.05. The molecule has 0 aromatic heterocycles. The van der Waals surface area contributed by atoms with Crippen LogP contribution < -0.4 is 0 Å². The molecule has 0 saturated heterocycles. The number of carbonyl (C=O) groups excluding carboxylic acids is 1. The Morgan fingerprint density at radius 2 is 2.14 bits per heavy atom. The fourth-order valence-corrected chi connectivity index (χ4v) is 3.57. The minimum absolute atomic E-state index is 0.300. The fraction of sp³-hybridized carbons (Fsp3) is 0.444. The molecule has 0 aliphatic heterocycles. The fourth-order valence-electron chi connectivity index (χ4n) is 3.31. The van der Waals surface area contributed by atoms with Crippen molar-refractivity contribution in [1.82, 2.24) is 0 Å². The third-order valence-electron chi connectivity index (χ3n) is 4.42. The molecule has 22 heavy (non-hydrogen) atoms. The van der Waals surface area contributed by atoms with E-state index >= 15 is 0 Å². The van der Waals surface area contributed by atoms with E-state index in [1.165, 1.54) is 6.08 Å². The highest BCUT2D eigenvalue weighted by atomic mass is 79.9. The molecule has 1 aliphatic rings. The van der Waals surface area contributed by atoms with Crippen LogP contribution in [0.5, 0.6) is 0 Å². The summed E-state index contributed by atoms with van der Waals surface area (Å²) in [7, 11) is 0. The highest BCUT2D eigenvalue weighted by Gasteiger charge is 2.58. The number of esters is 1. The molecule has 0 heterocycles. The summed E-state index contributed by atoms with van der Waals surface area (Å²) < 4.78 is 6.27. The molecule has 1 saturated carbocycles. The summed E-state index contributed by atoms with van der Waals surface area (Å²) in [5.74, 6) is -0.343. The van der Waals surface area contributed by atoms with Gasteiger partial charge >= 0.3 is 5.97 Å². The number of ether oxygens (including phenoxy) is 1. The molecular weight excluding hydrogens is 344 g/mol. The monoisotopic (exact) mass is 364 g/mol. The highest BCUT2D eigenvalue weighted by molar-refractivity contribution is 9.10. The minimum atomic E-state index is -1.26. The lowest BCUT2D eigenvalue weighted by atomic mass is 9.70. The second-order valence-corrected chi connectivity index (χ2v) is 6.65. The molecular formula is C18H21BrO3. The zero-order valence-electron chi connectivity index (χ0n) is 12.8. The van der Waals surface area contributed by atoms with Gasteiger partial charge in [0.2, 0.25) is 0 Å². The van der Waals surface area contributed by atoms with Crippen molar-refractivity contribution in [2.75, 3.05) is 6.61 Å². The number of aliphatic hydroxyl groups is 1.